The van der Waals surface area contributed by atoms with Gasteiger partial charge in [-0.05, 0) is 49.9 Å². The highest BCUT2D eigenvalue weighted by molar-refractivity contribution is 5.98. The fourth-order valence-electron chi connectivity index (χ4n) is 2.68. The van der Waals surface area contributed by atoms with Gasteiger partial charge in [0.1, 0.15) is 5.75 Å². The van der Waals surface area contributed by atoms with Crippen molar-refractivity contribution in [2.75, 3.05) is 19.7 Å². The van der Waals surface area contributed by atoms with E-state index in [1.54, 1.807) is 24.3 Å². The molecule has 1 fully saturated rings. The molecule has 0 N–H and O–H groups in total. The van der Waals surface area contributed by atoms with Gasteiger partial charge in [0.2, 0.25) is 5.91 Å². The Morgan fingerprint density at radius 1 is 1.14 bits per heavy atom. The minimum Gasteiger partial charge on any atom is -0.494 e. The molecule has 1 aromatic carbocycles. The molecule has 22 heavy (non-hydrogen) atoms. The van der Waals surface area contributed by atoms with Gasteiger partial charge in [-0.25, -0.2) is 0 Å². The van der Waals surface area contributed by atoms with Gasteiger partial charge in [-0.3, -0.25) is 9.59 Å². The van der Waals surface area contributed by atoms with E-state index < -0.39 is 0 Å². The molecular formula is C18H25NO3. The molecule has 120 valence electrons. The Morgan fingerprint density at radius 3 is 2.36 bits per heavy atom. The fourth-order valence-corrected chi connectivity index (χ4v) is 2.68. The van der Waals surface area contributed by atoms with Gasteiger partial charge in [0, 0.05) is 31.5 Å². The highest BCUT2D eigenvalue weighted by atomic mass is 16.5. The second-order valence-electron chi connectivity index (χ2n) is 5.94. The molecule has 0 aromatic heterocycles. The summed E-state index contributed by atoms with van der Waals surface area (Å²) in [6.45, 7) is 6.41. The summed E-state index contributed by atoms with van der Waals surface area (Å²) in [5.41, 5.74) is 0.642. The molecule has 1 aromatic rings. The third kappa shape index (κ3) is 4.58. The quantitative estimate of drug-likeness (QED) is 0.757. The maximum Gasteiger partial charge on any atom is 0.223 e. The number of piperidine rings is 1. The molecule has 0 saturated carbocycles. The zero-order valence-corrected chi connectivity index (χ0v) is 13.5. The van der Waals surface area contributed by atoms with E-state index in [0.29, 0.717) is 24.5 Å². The standard InChI is InChI=1S/C18H25NO3/c1-3-22-16-6-4-15(5-7-16)17(20)8-9-18(21)19-12-10-14(2)11-13-19/h4-7,14H,3,8-13H2,1-2H3. The monoisotopic (exact) mass is 303 g/mol. The molecule has 2 rings (SSSR count). The topological polar surface area (TPSA) is 46.6 Å². The van der Waals surface area contributed by atoms with Crippen LogP contribution >= 0.6 is 0 Å². The van der Waals surface area contributed by atoms with Gasteiger partial charge in [0.05, 0.1) is 6.61 Å². The van der Waals surface area contributed by atoms with Crippen molar-refractivity contribution in [2.24, 2.45) is 5.92 Å². The Hall–Kier alpha value is -1.84. The fraction of sp³-hybridized carbons (Fsp3) is 0.556. The van der Waals surface area contributed by atoms with Crippen molar-refractivity contribution in [3.8, 4) is 5.75 Å². The van der Waals surface area contributed by atoms with Gasteiger partial charge in [0.25, 0.3) is 0 Å². The zero-order valence-electron chi connectivity index (χ0n) is 13.5. The minimum absolute atomic E-state index is 0.0155. The molecule has 1 amide bonds. The van der Waals surface area contributed by atoms with Crippen molar-refractivity contribution in [2.45, 2.75) is 39.5 Å². The minimum atomic E-state index is 0.0155. The Labute approximate surface area is 132 Å². The van der Waals surface area contributed by atoms with Crippen LogP contribution in [0.1, 0.15) is 49.9 Å². The van der Waals surface area contributed by atoms with E-state index in [1.165, 1.54) is 0 Å². The van der Waals surface area contributed by atoms with Gasteiger partial charge in [-0.1, -0.05) is 6.92 Å². The summed E-state index contributed by atoms with van der Waals surface area (Å²) in [5, 5.41) is 0. The van der Waals surface area contributed by atoms with Gasteiger partial charge < -0.3 is 9.64 Å². The van der Waals surface area contributed by atoms with Gasteiger partial charge >= 0.3 is 0 Å². The number of hydrogen-bond donors (Lipinski definition) is 0. The van der Waals surface area contributed by atoms with E-state index in [-0.39, 0.29) is 18.1 Å². The van der Waals surface area contributed by atoms with Crippen LogP contribution in [0.25, 0.3) is 0 Å². The molecule has 0 aliphatic carbocycles. The first-order chi connectivity index (χ1) is 10.6. The van der Waals surface area contributed by atoms with Crippen LogP contribution in [0.4, 0.5) is 0 Å². The highest BCUT2D eigenvalue weighted by Gasteiger charge is 2.20. The number of nitrogens with zero attached hydrogens (tertiary/aromatic N) is 1. The molecule has 1 saturated heterocycles. The number of carbonyl (C=O) groups is 2. The van der Waals surface area contributed by atoms with E-state index >= 15 is 0 Å². The highest BCUT2D eigenvalue weighted by Crippen LogP contribution is 2.18. The van der Waals surface area contributed by atoms with Crippen molar-refractivity contribution in [1.29, 1.82) is 0 Å². The predicted octanol–water partition coefficient (Wildman–Crippen LogP) is 3.31. The van der Waals surface area contributed by atoms with Gasteiger partial charge in [-0.15, -0.1) is 0 Å². The largest absolute Gasteiger partial charge is 0.494 e. The summed E-state index contributed by atoms with van der Waals surface area (Å²) >= 11 is 0. The second kappa shape index (κ2) is 7.97. The van der Waals surface area contributed by atoms with Crippen molar-refractivity contribution >= 4 is 11.7 Å². The van der Waals surface area contributed by atoms with Crippen LogP contribution in [0, 0.1) is 5.92 Å². The smallest absolute Gasteiger partial charge is 0.223 e. The Kier molecular flexibility index (Phi) is 5.99. The maximum atomic E-state index is 12.1. The van der Waals surface area contributed by atoms with Gasteiger partial charge in [-0.2, -0.15) is 0 Å². The Bertz CT molecular complexity index is 502. The molecule has 0 spiro atoms. The molecule has 0 bridgehead atoms. The SMILES string of the molecule is CCOc1ccc(C(=O)CCC(=O)N2CCC(C)CC2)cc1. The number of amides is 1. The molecule has 0 radical (unpaired) electrons. The number of rotatable bonds is 6. The molecule has 0 unspecified atom stereocenters. The first-order valence-corrected chi connectivity index (χ1v) is 8.14. The lowest BCUT2D eigenvalue weighted by Gasteiger charge is -2.30. The second-order valence-corrected chi connectivity index (χ2v) is 5.94. The predicted molar refractivity (Wildman–Crippen MR) is 86.2 cm³/mol. The van der Waals surface area contributed by atoms with Crippen LogP contribution < -0.4 is 4.74 Å². The average Bonchev–Trinajstić information content (AvgIpc) is 2.54. The van der Waals surface area contributed by atoms with Crippen LogP contribution in [-0.4, -0.2) is 36.3 Å². The third-order valence-corrected chi connectivity index (χ3v) is 4.19. The number of ketones is 1. The molecule has 4 nitrogen and oxygen atoms in total. The lowest BCUT2D eigenvalue weighted by atomic mass is 9.98. The molecule has 1 aliphatic rings. The van der Waals surface area contributed by atoms with Crippen LogP contribution in [0.15, 0.2) is 24.3 Å². The number of hydrogen-bond acceptors (Lipinski definition) is 3. The molecule has 4 heteroatoms. The summed E-state index contributed by atoms with van der Waals surface area (Å²) in [6.07, 6.45) is 2.72. The van der Waals surface area contributed by atoms with Crippen LogP contribution in [0.3, 0.4) is 0 Å². The maximum absolute atomic E-state index is 12.1. The van der Waals surface area contributed by atoms with E-state index in [0.717, 1.165) is 31.7 Å². The zero-order chi connectivity index (χ0) is 15.9. The summed E-state index contributed by atoms with van der Waals surface area (Å²) < 4.78 is 5.35. The first kappa shape index (κ1) is 16.5. The molecular weight excluding hydrogens is 278 g/mol. The Morgan fingerprint density at radius 2 is 1.77 bits per heavy atom. The molecule has 0 atom stereocenters. The summed E-state index contributed by atoms with van der Waals surface area (Å²) in [4.78, 5) is 26.2. The number of likely N-dealkylation sites (tertiary alicyclic amines) is 1. The van der Waals surface area contributed by atoms with Gasteiger partial charge in [0.15, 0.2) is 5.78 Å². The molecule has 1 aliphatic heterocycles. The van der Waals surface area contributed by atoms with E-state index in [2.05, 4.69) is 6.92 Å². The van der Waals surface area contributed by atoms with Crippen LogP contribution in [0.2, 0.25) is 0 Å². The summed E-state index contributed by atoms with van der Waals surface area (Å²) in [7, 11) is 0. The number of Topliss-reactive ketones (excluding diaryl/α,β-unsaturated/α-hetero) is 1. The van der Waals surface area contributed by atoms with Crippen molar-refractivity contribution in [3.63, 3.8) is 0 Å². The number of carbonyl (C=O) groups excluding carboxylic acids is 2. The van der Waals surface area contributed by atoms with E-state index in [9.17, 15) is 9.59 Å². The lowest BCUT2D eigenvalue weighted by Crippen LogP contribution is -2.38. The van der Waals surface area contributed by atoms with Crippen LogP contribution in [-0.2, 0) is 4.79 Å². The lowest BCUT2D eigenvalue weighted by molar-refractivity contribution is -0.132. The van der Waals surface area contributed by atoms with E-state index in [1.807, 2.05) is 11.8 Å². The summed E-state index contributed by atoms with van der Waals surface area (Å²) in [5.74, 6) is 1.58. The van der Waals surface area contributed by atoms with Crippen LogP contribution in [0.5, 0.6) is 5.75 Å². The van der Waals surface area contributed by atoms with Crippen molar-refractivity contribution in [3.05, 3.63) is 29.8 Å². The van der Waals surface area contributed by atoms with Crippen molar-refractivity contribution in [1.82, 2.24) is 4.90 Å². The normalized spacial score (nSPS) is 15.6. The first-order valence-electron chi connectivity index (χ1n) is 8.14. The average molecular weight is 303 g/mol. The summed E-state index contributed by atoms with van der Waals surface area (Å²) in [6, 6.07) is 7.12. The van der Waals surface area contributed by atoms with E-state index in [4.69, 9.17) is 4.74 Å². The van der Waals surface area contributed by atoms with Crippen molar-refractivity contribution < 1.29 is 14.3 Å². The number of benzene rings is 1. The number of ether oxygens (including phenoxy) is 1. The Balaban J connectivity index is 1.80. The molecule has 1 heterocycles. The third-order valence-electron chi connectivity index (χ3n) is 4.19.